The lowest BCUT2D eigenvalue weighted by atomic mass is 10.4. The molecule has 7 heavy (non-hydrogen) atoms. The van der Waals surface area contributed by atoms with Crippen molar-refractivity contribution in [2.75, 3.05) is 0 Å². The molecule has 0 saturated heterocycles. The second kappa shape index (κ2) is 6.13. The summed E-state index contributed by atoms with van der Waals surface area (Å²) < 4.78 is 4.92. The molecular formula is C4H14OSi2. The lowest BCUT2D eigenvalue weighted by Crippen LogP contribution is -1.98. The average molecular weight is 134 g/mol. The maximum Gasteiger partial charge on any atom is 0.146 e. The number of rotatable bonds is 2. The zero-order chi connectivity index (χ0) is 4.99. The zero-order valence-corrected chi connectivity index (χ0v) is 6.27. The van der Waals surface area contributed by atoms with Crippen molar-refractivity contribution in [2.45, 2.75) is 13.0 Å². The molecule has 1 nitrogen and oxygen atoms in total. The quantitative estimate of drug-likeness (QED) is 0.327. The maximum atomic E-state index is 4.92. The topological polar surface area (TPSA) is 9.23 Å². The molecule has 0 aliphatic rings. The largest absolute Gasteiger partial charge is 0.422 e. The van der Waals surface area contributed by atoms with Crippen molar-refractivity contribution in [1.82, 2.24) is 0 Å². The Morgan fingerprint density at radius 3 is 2.29 bits per heavy atom. The van der Waals surface area contributed by atoms with Gasteiger partial charge < -0.3 is 4.43 Å². The summed E-state index contributed by atoms with van der Waals surface area (Å²) in [6.07, 6.45) is 2.05. The number of hydrogen-bond donors (Lipinski definition) is 0. The summed E-state index contributed by atoms with van der Waals surface area (Å²) in [5.74, 6) is 0. The molecule has 0 amide bonds. The van der Waals surface area contributed by atoms with Crippen LogP contribution in [0.4, 0.5) is 0 Å². The van der Waals surface area contributed by atoms with E-state index in [0.717, 1.165) is 10.5 Å². The van der Waals surface area contributed by atoms with E-state index in [1.54, 1.807) is 6.08 Å². The molecule has 0 bridgehead atoms. The van der Waals surface area contributed by atoms with E-state index in [-0.39, 0.29) is 17.1 Å². The normalized spacial score (nSPS) is 12.1. The van der Waals surface area contributed by atoms with Crippen molar-refractivity contribution in [1.29, 1.82) is 0 Å². The van der Waals surface area contributed by atoms with Crippen molar-refractivity contribution in [3.63, 3.8) is 0 Å². The van der Waals surface area contributed by atoms with E-state index < -0.39 is 0 Å². The Balaban J connectivity index is 0. The molecule has 0 radical (unpaired) electrons. The Bertz CT molecular complexity index is 47.0. The van der Waals surface area contributed by atoms with Crippen molar-refractivity contribution in [3.05, 3.63) is 12.7 Å². The van der Waals surface area contributed by atoms with Gasteiger partial charge in [-0.1, -0.05) is 6.08 Å². The van der Waals surface area contributed by atoms with E-state index >= 15 is 0 Å². The molecule has 0 rings (SSSR count). The molecule has 1 unspecified atom stereocenters. The highest BCUT2D eigenvalue weighted by Crippen LogP contribution is 1.82. The molecule has 1 atom stereocenters. The van der Waals surface area contributed by atoms with Gasteiger partial charge in [0, 0.05) is 0 Å². The fraction of sp³-hybridized carbons (Fsp3) is 0.500. The van der Waals surface area contributed by atoms with Gasteiger partial charge in [0.25, 0.3) is 0 Å². The Morgan fingerprint density at radius 1 is 1.86 bits per heavy atom. The molecule has 0 aliphatic heterocycles. The first kappa shape index (κ1) is 10.2. The van der Waals surface area contributed by atoms with Crippen LogP contribution in [0.25, 0.3) is 0 Å². The van der Waals surface area contributed by atoms with Crippen LogP contribution in [0.5, 0.6) is 0 Å². The van der Waals surface area contributed by atoms with Gasteiger partial charge in [0.2, 0.25) is 0 Å². The summed E-state index contributed by atoms with van der Waals surface area (Å²) in [7, 11) is 0.811. The molecule has 0 heterocycles. The van der Waals surface area contributed by atoms with Crippen LogP contribution in [0.1, 0.15) is 6.92 Å². The highest BCUT2D eigenvalue weighted by molar-refractivity contribution is 5.98. The van der Waals surface area contributed by atoms with Gasteiger partial charge in [-0.15, -0.1) is 6.58 Å². The molecular weight excluding hydrogens is 120 g/mol. The van der Waals surface area contributed by atoms with E-state index in [1.807, 2.05) is 6.92 Å². The molecule has 0 fully saturated rings. The Labute approximate surface area is 52.3 Å². The molecule has 0 spiro atoms. The fourth-order valence-corrected chi connectivity index (χ4v) is 0.289. The monoisotopic (exact) mass is 134 g/mol. The van der Waals surface area contributed by atoms with E-state index in [9.17, 15) is 0 Å². The first-order valence-electron chi connectivity index (χ1n) is 1.96. The summed E-state index contributed by atoms with van der Waals surface area (Å²) in [5, 5.41) is 0. The molecule has 0 aromatic carbocycles. The SMILES string of the molecule is C=CC(C)O[SiH3].[SiH4]. The van der Waals surface area contributed by atoms with E-state index in [0.29, 0.717) is 0 Å². The van der Waals surface area contributed by atoms with Gasteiger partial charge in [-0.2, -0.15) is 0 Å². The summed E-state index contributed by atoms with van der Waals surface area (Å²) >= 11 is 0. The van der Waals surface area contributed by atoms with Crippen LogP contribution in [0, 0.1) is 0 Å². The molecule has 0 aliphatic carbocycles. The smallest absolute Gasteiger partial charge is 0.146 e. The van der Waals surface area contributed by atoms with Gasteiger partial charge in [-0.3, -0.25) is 0 Å². The summed E-state index contributed by atoms with van der Waals surface area (Å²) in [6.45, 7) is 5.50. The van der Waals surface area contributed by atoms with Crippen LogP contribution >= 0.6 is 0 Å². The zero-order valence-electron chi connectivity index (χ0n) is 4.27. The van der Waals surface area contributed by atoms with Gasteiger partial charge in [0.15, 0.2) is 0 Å². The van der Waals surface area contributed by atoms with Crippen LogP contribution in [0.2, 0.25) is 0 Å². The van der Waals surface area contributed by atoms with Gasteiger partial charge in [-0.05, 0) is 17.9 Å². The van der Waals surface area contributed by atoms with Gasteiger partial charge in [0.1, 0.15) is 10.5 Å². The first-order chi connectivity index (χ1) is 2.81. The standard InChI is InChI=1S/C4H10OSi.H4Si/c1-3-4(2)5-6;/h3-4H,1H2,2,6H3;1H4. The molecule has 44 valence electrons. The summed E-state index contributed by atoms with van der Waals surface area (Å²) in [6, 6.07) is 0. The fourth-order valence-electron chi connectivity index (χ4n) is 0.0962. The van der Waals surface area contributed by atoms with Crippen molar-refractivity contribution in [2.24, 2.45) is 0 Å². The van der Waals surface area contributed by atoms with Crippen LogP contribution in [-0.4, -0.2) is 27.6 Å². The average Bonchev–Trinajstić information content (AvgIpc) is 1.65. The minimum absolute atomic E-state index is 0. The predicted molar refractivity (Wildman–Crippen MR) is 42.0 cm³/mol. The molecule has 0 aromatic heterocycles. The Hall–Kier alpha value is 0.134. The van der Waals surface area contributed by atoms with Crippen LogP contribution in [0.15, 0.2) is 12.7 Å². The minimum Gasteiger partial charge on any atom is -0.422 e. The lowest BCUT2D eigenvalue weighted by molar-refractivity contribution is 0.298. The molecule has 0 N–H and O–H groups in total. The van der Waals surface area contributed by atoms with Gasteiger partial charge in [-0.25, -0.2) is 0 Å². The predicted octanol–water partition coefficient (Wildman–Crippen LogP) is -1.59. The van der Waals surface area contributed by atoms with E-state index in [4.69, 9.17) is 4.43 Å². The van der Waals surface area contributed by atoms with Crippen LogP contribution < -0.4 is 0 Å². The van der Waals surface area contributed by atoms with Crippen molar-refractivity contribution in [3.8, 4) is 0 Å². The molecule has 0 saturated carbocycles. The molecule has 3 heteroatoms. The van der Waals surface area contributed by atoms with Crippen LogP contribution in [-0.2, 0) is 4.43 Å². The second-order valence-corrected chi connectivity index (χ2v) is 1.65. The maximum absolute atomic E-state index is 4.92. The number of hydrogen-bond acceptors (Lipinski definition) is 1. The van der Waals surface area contributed by atoms with Crippen LogP contribution in [0.3, 0.4) is 0 Å². The van der Waals surface area contributed by atoms with Crippen molar-refractivity contribution < 1.29 is 4.43 Å². The van der Waals surface area contributed by atoms with Gasteiger partial charge in [0.05, 0.1) is 6.10 Å². The first-order valence-corrected chi connectivity index (χ1v) is 2.78. The minimum atomic E-state index is 0. The Kier molecular flexibility index (Phi) is 8.92. The molecule has 0 aromatic rings. The van der Waals surface area contributed by atoms with E-state index in [1.165, 1.54) is 0 Å². The van der Waals surface area contributed by atoms with Crippen molar-refractivity contribution >= 4 is 21.5 Å². The third-order valence-electron chi connectivity index (χ3n) is 0.704. The third kappa shape index (κ3) is 6.13. The van der Waals surface area contributed by atoms with Gasteiger partial charge >= 0.3 is 0 Å². The lowest BCUT2D eigenvalue weighted by Gasteiger charge is -1.98. The third-order valence-corrected chi connectivity index (χ3v) is 1.45. The second-order valence-electron chi connectivity index (χ2n) is 1.18. The highest BCUT2D eigenvalue weighted by atomic mass is 28.2. The Morgan fingerprint density at radius 2 is 2.29 bits per heavy atom. The summed E-state index contributed by atoms with van der Waals surface area (Å²) in [4.78, 5) is 0. The van der Waals surface area contributed by atoms with E-state index in [2.05, 4.69) is 6.58 Å². The summed E-state index contributed by atoms with van der Waals surface area (Å²) in [5.41, 5.74) is 0. The highest BCUT2D eigenvalue weighted by Gasteiger charge is 1.82.